The SMILES string of the molecule is NC(=O)CCC(NC(=O)C(CCC(=O)O)NC(=O)C(Cc1cnc[nH]1)NC(=O)C(N)CO)C(=O)O. The van der Waals surface area contributed by atoms with Crippen LogP contribution in [-0.2, 0) is 35.2 Å². The summed E-state index contributed by atoms with van der Waals surface area (Å²) < 4.78 is 0. The van der Waals surface area contributed by atoms with E-state index in [1.54, 1.807) is 0 Å². The number of nitrogens with zero attached hydrogens (tertiary/aromatic N) is 1. The average Bonchev–Trinajstić information content (AvgIpc) is 3.30. The van der Waals surface area contributed by atoms with Crippen LogP contribution in [0.15, 0.2) is 12.5 Å². The molecule has 0 bridgehead atoms. The van der Waals surface area contributed by atoms with Gasteiger partial charge in [0.25, 0.3) is 0 Å². The van der Waals surface area contributed by atoms with Crippen molar-refractivity contribution in [2.24, 2.45) is 11.5 Å². The molecule has 4 amide bonds. The summed E-state index contributed by atoms with van der Waals surface area (Å²) in [5, 5.41) is 34.1. The number of aliphatic carboxylic acids is 2. The fraction of sp³-hybridized carbons (Fsp3) is 0.526. The largest absolute Gasteiger partial charge is 0.481 e. The zero-order valence-corrected chi connectivity index (χ0v) is 18.6. The molecule has 4 unspecified atom stereocenters. The molecule has 0 aliphatic rings. The van der Waals surface area contributed by atoms with Gasteiger partial charge < -0.3 is 47.7 Å². The van der Waals surface area contributed by atoms with Crippen LogP contribution >= 0.6 is 0 Å². The zero-order valence-electron chi connectivity index (χ0n) is 18.6. The van der Waals surface area contributed by atoms with Crippen LogP contribution in [0.2, 0.25) is 0 Å². The molecule has 0 saturated heterocycles. The van der Waals surface area contributed by atoms with E-state index in [-0.39, 0.29) is 19.3 Å². The van der Waals surface area contributed by atoms with E-state index < -0.39 is 79.2 Å². The Morgan fingerprint density at radius 2 is 1.49 bits per heavy atom. The summed E-state index contributed by atoms with van der Waals surface area (Å²) in [7, 11) is 0. The highest BCUT2D eigenvalue weighted by atomic mass is 16.4. The number of aliphatic hydroxyl groups is 1. The minimum atomic E-state index is -1.53. The summed E-state index contributed by atoms with van der Waals surface area (Å²) in [5.41, 5.74) is 10.9. The fourth-order valence-corrected chi connectivity index (χ4v) is 2.81. The molecule has 0 aromatic carbocycles. The smallest absolute Gasteiger partial charge is 0.326 e. The predicted octanol–water partition coefficient (Wildman–Crippen LogP) is -4.06. The maximum absolute atomic E-state index is 12.9. The third kappa shape index (κ3) is 10.6. The van der Waals surface area contributed by atoms with Gasteiger partial charge in [-0.1, -0.05) is 0 Å². The fourth-order valence-electron chi connectivity index (χ4n) is 2.81. The molecule has 16 nitrogen and oxygen atoms in total. The molecule has 35 heavy (non-hydrogen) atoms. The number of carbonyl (C=O) groups excluding carboxylic acids is 4. The van der Waals surface area contributed by atoms with E-state index in [1.807, 2.05) is 0 Å². The number of aliphatic hydroxyl groups excluding tert-OH is 1. The van der Waals surface area contributed by atoms with Crippen molar-refractivity contribution < 1.29 is 44.1 Å². The van der Waals surface area contributed by atoms with Gasteiger partial charge in [0.15, 0.2) is 0 Å². The number of H-pyrrole nitrogens is 1. The molecule has 16 heteroatoms. The van der Waals surface area contributed by atoms with Gasteiger partial charge in [0.2, 0.25) is 23.6 Å². The Kier molecular flexibility index (Phi) is 11.8. The second-order valence-electron chi connectivity index (χ2n) is 7.53. The quantitative estimate of drug-likeness (QED) is 0.105. The van der Waals surface area contributed by atoms with Gasteiger partial charge in [-0.15, -0.1) is 0 Å². The Morgan fingerprint density at radius 3 is 2.00 bits per heavy atom. The summed E-state index contributed by atoms with van der Waals surface area (Å²) in [6, 6.07) is -5.67. The van der Waals surface area contributed by atoms with Gasteiger partial charge >= 0.3 is 11.9 Å². The van der Waals surface area contributed by atoms with E-state index >= 15 is 0 Å². The van der Waals surface area contributed by atoms with Crippen LogP contribution in [-0.4, -0.2) is 91.6 Å². The number of carboxylic acids is 2. The van der Waals surface area contributed by atoms with Crippen molar-refractivity contribution in [1.82, 2.24) is 25.9 Å². The average molecular weight is 499 g/mol. The molecule has 0 spiro atoms. The maximum Gasteiger partial charge on any atom is 0.326 e. The molecule has 11 N–H and O–H groups in total. The third-order valence-electron chi connectivity index (χ3n) is 4.72. The second-order valence-corrected chi connectivity index (χ2v) is 7.53. The van der Waals surface area contributed by atoms with Crippen LogP contribution in [0.25, 0.3) is 0 Å². The van der Waals surface area contributed by atoms with Crippen LogP contribution in [0, 0.1) is 0 Å². The van der Waals surface area contributed by atoms with Crippen LogP contribution < -0.4 is 27.4 Å². The summed E-state index contributed by atoms with van der Waals surface area (Å²) in [4.78, 5) is 77.7. The lowest BCUT2D eigenvalue weighted by Crippen LogP contribution is -2.58. The first-order chi connectivity index (χ1) is 16.4. The number of rotatable bonds is 16. The predicted molar refractivity (Wildman–Crippen MR) is 116 cm³/mol. The zero-order chi connectivity index (χ0) is 26.5. The van der Waals surface area contributed by atoms with Crippen LogP contribution in [0.1, 0.15) is 31.4 Å². The number of hydrogen-bond donors (Lipinski definition) is 9. The number of imidazole rings is 1. The van der Waals surface area contributed by atoms with Gasteiger partial charge in [-0.2, -0.15) is 0 Å². The topological polar surface area (TPSA) is 280 Å². The minimum Gasteiger partial charge on any atom is -0.481 e. The summed E-state index contributed by atoms with van der Waals surface area (Å²) in [5.74, 6) is -6.33. The van der Waals surface area contributed by atoms with E-state index in [9.17, 15) is 33.9 Å². The van der Waals surface area contributed by atoms with Crippen LogP contribution in [0.4, 0.5) is 0 Å². The molecule has 194 valence electrons. The molecular formula is C19H29N7O9. The van der Waals surface area contributed by atoms with E-state index in [0.29, 0.717) is 5.69 Å². The van der Waals surface area contributed by atoms with Gasteiger partial charge in [0, 0.05) is 31.2 Å². The molecule has 0 saturated carbocycles. The highest BCUT2D eigenvalue weighted by Crippen LogP contribution is 2.05. The Labute approximate surface area is 198 Å². The number of carbonyl (C=O) groups is 6. The molecule has 1 heterocycles. The van der Waals surface area contributed by atoms with E-state index in [2.05, 4.69) is 25.9 Å². The first kappa shape index (κ1) is 29.0. The number of aromatic amines is 1. The highest BCUT2D eigenvalue weighted by Gasteiger charge is 2.31. The summed E-state index contributed by atoms with van der Waals surface area (Å²) in [6.07, 6.45) is 0.954. The number of nitrogens with one attached hydrogen (secondary N) is 4. The Morgan fingerprint density at radius 1 is 0.914 bits per heavy atom. The number of primary amides is 1. The maximum atomic E-state index is 12.9. The normalized spacial score (nSPS) is 14.1. The number of carboxylic acid groups (broad SMARTS) is 2. The first-order valence-electron chi connectivity index (χ1n) is 10.4. The summed E-state index contributed by atoms with van der Waals surface area (Å²) >= 11 is 0. The molecule has 1 aromatic rings. The number of amides is 4. The number of nitrogens with two attached hydrogens (primary N) is 2. The van der Waals surface area contributed by atoms with Crippen molar-refractivity contribution in [3.63, 3.8) is 0 Å². The lowest BCUT2D eigenvalue weighted by atomic mass is 10.1. The lowest BCUT2D eigenvalue weighted by molar-refractivity contribution is -0.143. The molecule has 1 aromatic heterocycles. The second kappa shape index (κ2) is 14.3. The Hall–Kier alpha value is -4.05. The molecule has 4 atom stereocenters. The van der Waals surface area contributed by atoms with Crippen molar-refractivity contribution in [1.29, 1.82) is 0 Å². The van der Waals surface area contributed by atoms with Crippen molar-refractivity contribution in [2.45, 2.75) is 56.3 Å². The van der Waals surface area contributed by atoms with Gasteiger partial charge in [0.05, 0.1) is 12.9 Å². The standard InChI is InChI=1S/C19H29N7O9/c20-10(7-27)16(31)26-13(5-9-6-22-8-23-9)18(33)24-11(2-4-15(29)30)17(32)25-12(19(34)35)1-3-14(21)28/h6,8,10-13,27H,1-5,7,20H2,(H2,21,28)(H,22,23)(H,24,33)(H,25,32)(H,26,31)(H,29,30)(H,34,35). The molecule has 0 radical (unpaired) electrons. The molecule has 0 aliphatic carbocycles. The van der Waals surface area contributed by atoms with E-state index in [0.717, 1.165) is 0 Å². The number of hydrogen-bond acceptors (Lipinski definition) is 9. The first-order valence-corrected chi connectivity index (χ1v) is 10.4. The lowest BCUT2D eigenvalue weighted by Gasteiger charge is -2.24. The third-order valence-corrected chi connectivity index (χ3v) is 4.72. The highest BCUT2D eigenvalue weighted by molar-refractivity contribution is 5.94. The van der Waals surface area contributed by atoms with E-state index in [1.165, 1.54) is 12.5 Å². The molecule has 1 rings (SSSR count). The van der Waals surface area contributed by atoms with Gasteiger partial charge in [-0.25, -0.2) is 9.78 Å². The van der Waals surface area contributed by atoms with Gasteiger partial charge in [0.1, 0.15) is 24.2 Å². The van der Waals surface area contributed by atoms with Crippen molar-refractivity contribution in [3.8, 4) is 0 Å². The molecule has 0 fully saturated rings. The molecular weight excluding hydrogens is 470 g/mol. The number of aromatic nitrogens is 2. The van der Waals surface area contributed by atoms with Crippen LogP contribution in [0.5, 0.6) is 0 Å². The Bertz CT molecular complexity index is 906. The van der Waals surface area contributed by atoms with Crippen molar-refractivity contribution >= 4 is 35.6 Å². The minimum absolute atomic E-state index is 0.126. The summed E-state index contributed by atoms with van der Waals surface area (Å²) in [6.45, 7) is -0.699. The Balaban J connectivity index is 3.05. The molecule has 0 aliphatic heterocycles. The van der Waals surface area contributed by atoms with Crippen molar-refractivity contribution in [3.05, 3.63) is 18.2 Å². The monoisotopic (exact) mass is 499 g/mol. The van der Waals surface area contributed by atoms with E-state index in [4.69, 9.17) is 21.7 Å². The van der Waals surface area contributed by atoms with Gasteiger partial charge in [-0.3, -0.25) is 24.0 Å². The van der Waals surface area contributed by atoms with Crippen molar-refractivity contribution in [2.75, 3.05) is 6.61 Å². The van der Waals surface area contributed by atoms with Gasteiger partial charge in [-0.05, 0) is 12.8 Å². The van der Waals surface area contributed by atoms with Crippen LogP contribution in [0.3, 0.4) is 0 Å².